The molecule has 1 atom stereocenters. The predicted molar refractivity (Wildman–Crippen MR) is 87.3 cm³/mol. The van der Waals surface area contributed by atoms with Crippen LogP contribution in [0.15, 0.2) is 48.5 Å². The molecule has 3 aromatic rings. The molecule has 1 unspecified atom stereocenters. The highest BCUT2D eigenvalue weighted by atomic mass is 32.1. The molecule has 1 aliphatic carbocycles. The van der Waals surface area contributed by atoms with Gasteiger partial charge in [-0.05, 0) is 34.7 Å². The van der Waals surface area contributed by atoms with Gasteiger partial charge in [-0.1, -0.05) is 36.4 Å². The van der Waals surface area contributed by atoms with Gasteiger partial charge < -0.3 is 5.32 Å². The van der Waals surface area contributed by atoms with E-state index in [1.54, 1.807) is 0 Å². The Morgan fingerprint density at radius 2 is 1.85 bits per heavy atom. The number of anilines is 1. The average molecular weight is 275 g/mol. The molecule has 1 aliphatic heterocycles. The van der Waals surface area contributed by atoms with Crippen molar-refractivity contribution in [1.82, 2.24) is 0 Å². The standard InChI is InChI=1S/C18H13NS/c1-3-7-15-11(5-1)13-9-14-12-6-2-4-8-17(12)20-18(14)10-16(13)19-15/h1-9,16,19H,10H2. The van der Waals surface area contributed by atoms with Crippen LogP contribution in [0.1, 0.15) is 16.0 Å². The molecule has 0 saturated carbocycles. The molecule has 0 fully saturated rings. The molecule has 1 aromatic heterocycles. The van der Waals surface area contributed by atoms with Gasteiger partial charge in [-0.15, -0.1) is 11.3 Å². The lowest BCUT2D eigenvalue weighted by atomic mass is 9.91. The summed E-state index contributed by atoms with van der Waals surface area (Å²) >= 11 is 1.94. The van der Waals surface area contributed by atoms with Crippen LogP contribution in [-0.2, 0) is 6.42 Å². The predicted octanol–water partition coefficient (Wildman–Crippen LogP) is 4.79. The summed E-state index contributed by atoms with van der Waals surface area (Å²) < 4.78 is 1.41. The van der Waals surface area contributed by atoms with Crippen LogP contribution in [0, 0.1) is 0 Å². The third-order valence-corrected chi connectivity index (χ3v) is 5.55. The van der Waals surface area contributed by atoms with Gasteiger partial charge in [-0.2, -0.15) is 0 Å². The molecule has 0 spiro atoms. The van der Waals surface area contributed by atoms with E-state index in [9.17, 15) is 0 Å². The van der Waals surface area contributed by atoms with Crippen molar-refractivity contribution in [2.24, 2.45) is 0 Å². The van der Waals surface area contributed by atoms with Gasteiger partial charge in [0.05, 0.1) is 6.04 Å². The van der Waals surface area contributed by atoms with Gasteiger partial charge in [0.2, 0.25) is 0 Å². The molecule has 20 heavy (non-hydrogen) atoms. The van der Waals surface area contributed by atoms with Crippen molar-refractivity contribution in [3.05, 3.63) is 64.5 Å². The normalized spacial score (nSPS) is 19.0. The number of hydrogen-bond acceptors (Lipinski definition) is 2. The number of fused-ring (bicyclic) bond motifs is 6. The van der Waals surface area contributed by atoms with Gasteiger partial charge in [0.25, 0.3) is 0 Å². The van der Waals surface area contributed by atoms with Crippen LogP contribution < -0.4 is 5.32 Å². The zero-order valence-corrected chi connectivity index (χ0v) is 11.7. The Kier molecular flexibility index (Phi) is 2.00. The van der Waals surface area contributed by atoms with Crippen molar-refractivity contribution in [2.45, 2.75) is 12.5 Å². The van der Waals surface area contributed by atoms with E-state index in [2.05, 4.69) is 59.9 Å². The van der Waals surface area contributed by atoms with E-state index < -0.39 is 0 Å². The first-order chi connectivity index (χ1) is 9.90. The number of thiophene rings is 1. The molecule has 0 radical (unpaired) electrons. The van der Waals surface area contributed by atoms with Gasteiger partial charge in [0.1, 0.15) is 0 Å². The lowest BCUT2D eigenvalue weighted by Gasteiger charge is -2.18. The van der Waals surface area contributed by atoms with Gasteiger partial charge in [-0.25, -0.2) is 0 Å². The highest BCUT2D eigenvalue weighted by molar-refractivity contribution is 7.19. The molecule has 2 aromatic carbocycles. The smallest absolute Gasteiger partial charge is 0.0569 e. The van der Waals surface area contributed by atoms with Gasteiger partial charge >= 0.3 is 0 Å². The van der Waals surface area contributed by atoms with Crippen LogP contribution in [0.25, 0.3) is 21.7 Å². The second-order valence-corrected chi connectivity index (χ2v) is 6.62. The zero-order chi connectivity index (χ0) is 13.1. The fraction of sp³-hybridized carbons (Fsp3) is 0.111. The third kappa shape index (κ3) is 1.32. The minimum absolute atomic E-state index is 0.452. The second-order valence-electron chi connectivity index (χ2n) is 5.48. The first-order valence-electron chi connectivity index (χ1n) is 6.98. The van der Waals surface area contributed by atoms with Gasteiger partial charge in [0.15, 0.2) is 0 Å². The summed E-state index contributed by atoms with van der Waals surface area (Å²) in [6.45, 7) is 0. The molecular weight excluding hydrogens is 262 g/mol. The van der Waals surface area contributed by atoms with Crippen LogP contribution in [0.3, 0.4) is 0 Å². The highest BCUT2D eigenvalue weighted by Gasteiger charge is 2.31. The second kappa shape index (κ2) is 3.74. The van der Waals surface area contributed by atoms with Crippen molar-refractivity contribution in [3.8, 4) is 0 Å². The summed E-state index contributed by atoms with van der Waals surface area (Å²) in [5.41, 5.74) is 5.55. The monoisotopic (exact) mass is 275 g/mol. The minimum Gasteiger partial charge on any atom is -0.377 e. The summed E-state index contributed by atoms with van der Waals surface area (Å²) in [7, 11) is 0. The van der Waals surface area contributed by atoms with Crippen molar-refractivity contribution in [3.63, 3.8) is 0 Å². The maximum Gasteiger partial charge on any atom is 0.0569 e. The Morgan fingerprint density at radius 1 is 1.00 bits per heavy atom. The molecule has 1 nitrogen and oxygen atoms in total. The number of hydrogen-bond donors (Lipinski definition) is 1. The molecule has 0 amide bonds. The van der Waals surface area contributed by atoms with Gasteiger partial charge in [0, 0.05) is 27.2 Å². The molecule has 2 heteroatoms. The fourth-order valence-electron chi connectivity index (χ4n) is 3.42. The first kappa shape index (κ1) is 10.7. The Bertz CT molecular complexity index is 872. The van der Waals surface area contributed by atoms with E-state index in [-0.39, 0.29) is 0 Å². The highest BCUT2D eigenvalue weighted by Crippen LogP contribution is 2.45. The van der Waals surface area contributed by atoms with Crippen LogP contribution in [0.4, 0.5) is 5.69 Å². The molecule has 96 valence electrons. The zero-order valence-electron chi connectivity index (χ0n) is 10.9. The van der Waals surface area contributed by atoms with E-state index in [1.807, 2.05) is 11.3 Å². The number of para-hydroxylation sites is 1. The summed E-state index contributed by atoms with van der Waals surface area (Å²) in [5, 5.41) is 5.07. The maximum absolute atomic E-state index is 3.66. The summed E-state index contributed by atoms with van der Waals surface area (Å²) in [4.78, 5) is 1.51. The van der Waals surface area contributed by atoms with Crippen LogP contribution in [-0.4, -0.2) is 6.04 Å². The lowest BCUT2D eigenvalue weighted by molar-refractivity contribution is 0.913. The van der Waals surface area contributed by atoms with Gasteiger partial charge in [-0.3, -0.25) is 0 Å². The van der Waals surface area contributed by atoms with Crippen molar-refractivity contribution in [2.75, 3.05) is 5.32 Å². The average Bonchev–Trinajstić information content (AvgIpc) is 3.02. The molecule has 0 bridgehead atoms. The Morgan fingerprint density at radius 3 is 2.85 bits per heavy atom. The molecule has 1 N–H and O–H groups in total. The number of nitrogens with one attached hydrogen (secondary N) is 1. The van der Waals surface area contributed by atoms with Crippen LogP contribution >= 0.6 is 11.3 Å². The summed E-state index contributed by atoms with van der Waals surface area (Å²) in [5.74, 6) is 0. The molecule has 0 saturated heterocycles. The molecule has 5 rings (SSSR count). The lowest BCUT2D eigenvalue weighted by Crippen LogP contribution is -2.19. The van der Waals surface area contributed by atoms with Crippen LogP contribution in [0.5, 0.6) is 0 Å². The molecular formula is C18H13NS. The largest absolute Gasteiger partial charge is 0.377 e. The van der Waals surface area contributed by atoms with E-state index in [4.69, 9.17) is 0 Å². The van der Waals surface area contributed by atoms with E-state index in [0.717, 1.165) is 6.42 Å². The van der Waals surface area contributed by atoms with E-state index in [1.165, 1.54) is 37.4 Å². The Hall–Kier alpha value is -2.06. The van der Waals surface area contributed by atoms with E-state index >= 15 is 0 Å². The number of rotatable bonds is 0. The van der Waals surface area contributed by atoms with Crippen molar-refractivity contribution in [1.29, 1.82) is 0 Å². The topological polar surface area (TPSA) is 12.0 Å². The Balaban J connectivity index is 1.78. The third-order valence-electron chi connectivity index (χ3n) is 4.34. The van der Waals surface area contributed by atoms with E-state index in [0.29, 0.717) is 6.04 Å². The summed E-state index contributed by atoms with van der Waals surface area (Å²) in [6, 6.07) is 17.8. The minimum atomic E-state index is 0.452. The fourth-order valence-corrected chi connectivity index (χ4v) is 4.65. The van der Waals surface area contributed by atoms with Crippen molar-refractivity contribution < 1.29 is 0 Å². The van der Waals surface area contributed by atoms with Crippen molar-refractivity contribution >= 4 is 38.8 Å². The Labute approximate surface area is 121 Å². The first-order valence-corrected chi connectivity index (χ1v) is 7.80. The SMILES string of the molecule is C1=C2c3ccccc3NC2Cc2sc3ccccc3c21. The summed E-state index contributed by atoms with van der Waals surface area (Å²) in [6.07, 6.45) is 3.51. The number of benzene rings is 2. The molecule has 2 aliphatic rings. The molecule has 2 heterocycles. The van der Waals surface area contributed by atoms with Crippen LogP contribution in [0.2, 0.25) is 0 Å². The maximum atomic E-state index is 3.66. The quantitative estimate of drug-likeness (QED) is 0.622.